The number of carbonyl (C=O) groups is 2. The van der Waals surface area contributed by atoms with Crippen molar-refractivity contribution in [2.24, 2.45) is 0 Å². The molecule has 0 bridgehead atoms. The lowest BCUT2D eigenvalue weighted by Crippen LogP contribution is -2.56. The number of aliphatic hydroxyl groups is 1. The summed E-state index contributed by atoms with van der Waals surface area (Å²) >= 11 is 0. The van der Waals surface area contributed by atoms with Crippen LogP contribution in [0, 0.1) is 0 Å². The van der Waals surface area contributed by atoms with Crippen LogP contribution in [0.5, 0.6) is 0 Å². The Bertz CT molecular complexity index is 381. The summed E-state index contributed by atoms with van der Waals surface area (Å²) in [5.41, 5.74) is -2.59. The summed E-state index contributed by atoms with van der Waals surface area (Å²) in [5, 5.41) is 9.07. The number of amides is 1. The number of piperidine rings is 1. The highest BCUT2D eigenvalue weighted by atomic mass is 19.1. The number of nitrogens with zero attached hydrogens (tertiary/aromatic N) is 1. The van der Waals surface area contributed by atoms with E-state index in [9.17, 15) is 14.0 Å². The molecule has 1 saturated heterocycles. The van der Waals surface area contributed by atoms with Gasteiger partial charge in [-0.05, 0) is 20.8 Å². The summed E-state index contributed by atoms with van der Waals surface area (Å²) in [5.74, 6) is -0.717. The van der Waals surface area contributed by atoms with Crippen molar-refractivity contribution in [3.8, 4) is 0 Å². The highest BCUT2D eigenvalue weighted by Crippen LogP contribution is 2.31. The molecule has 6 nitrogen and oxygen atoms in total. The molecular weight excluding hydrogens is 269 g/mol. The number of methoxy groups -OCH3 is 1. The van der Waals surface area contributed by atoms with Gasteiger partial charge in [-0.15, -0.1) is 0 Å². The molecule has 0 aliphatic carbocycles. The van der Waals surface area contributed by atoms with Gasteiger partial charge in [0, 0.05) is 19.4 Å². The molecule has 0 saturated carbocycles. The SMILES string of the molecule is COC(=O)[C@H]1C[C@@](F)(CO)CCN1C(=O)OC(C)(C)C. The number of esters is 1. The standard InChI is InChI=1S/C13H22FNO5/c1-12(2,3)20-11(18)15-6-5-13(14,8-16)7-9(15)10(17)19-4/h9,16H,5-8H2,1-4H3/t9-,13-/m1/s1. The Balaban J connectivity index is 2.89. The van der Waals surface area contributed by atoms with Gasteiger partial charge in [0.2, 0.25) is 0 Å². The maximum absolute atomic E-state index is 14.2. The zero-order valence-corrected chi connectivity index (χ0v) is 12.3. The molecule has 20 heavy (non-hydrogen) atoms. The van der Waals surface area contributed by atoms with Crippen molar-refractivity contribution >= 4 is 12.1 Å². The van der Waals surface area contributed by atoms with E-state index in [1.54, 1.807) is 20.8 Å². The number of alkyl halides is 1. The highest BCUT2D eigenvalue weighted by molar-refractivity contribution is 5.82. The van der Waals surface area contributed by atoms with Crippen molar-refractivity contribution in [2.45, 2.75) is 50.9 Å². The number of likely N-dealkylation sites (tertiary alicyclic amines) is 1. The Hall–Kier alpha value is -1.37. The van der Waals surface area contributed by atoms with Crippen LogP contribution in [0.4, 0.5) is 9.18 Å². The fourth-order valence-electron chi connectivity index (χ4n) is 2.06. The molecule has 0 aromatic rings. The molecule has 0 spiro atoms. The monoisotopic (exact) mass is 291 g/mol. The lowest BCUT2D eigenvalue weighted by Gasteiger charge is -2.40. The van der Waals surface area contributed by atoms with Gasteiger partial charge < -0.3 is 14.6 Å². The molecule has 1 aliphatic rings. The van der Waals surface area contributed by atoms with Crippen molar-refractivity contribution in [2.75, 3.05) is 20.3 Å². The molecule has 0 radical (unpaired) electrons. The molecule has 1 heterocycles. The summed E-state index contributed by atoms with van der Waals surface area (Å²) < 4.78 is 24.0. The fourth-order valence-corrected chi connectivity index (χ4v) is 2.06. The van der Waals surface area contributed by atoms with Gasteiger partial charge in [0.15, 0.2) is 0 Å². The Morgan fingerprint density at radius 1 is 1.45 bits per heavy atom. The second kappa shape index (κ2) is 5.95. The van der Waals surface area contributed by atoms with E-state index in [1.807, 2.05) is 0 Å². The predicted molar refractivity (Wildman–Crippen MR) is 68.9 cm³/mol. The molecule has 116 valence electrons. The average Bonchev–Trinajstić information content (AvgIpc) is 2.35. The maximum atomic E-state index is 14.2. The lowest BCUT2D eigenvalue weighted by molar-refractivity contribution is -0.151. The van der Waals surface area contributed by atoms with Crippen LogP contribution in [0.15, 0.2) is 0 Å². The van der Waals surface area contributed by atoms with Gasteiger partial charge in [0.05, 0.1) is 13.7 Å². The van der Waals surface area contributed by atoms with Gasteiger partial charge in [0.1, 0.15) is 17.3 Å². The number of aliphatic hydroxyl groups excluding tert-OH is 1. The zero-order chi connectivity index (χ0) is 15.6. The number of halogens is 1. The van der Waals surface area contributed by atoms with Gasteiger partial charge in [-0.2, -0.15) is 0 Å². The van der Waals surface area contributed by atoms with Crippen LogP contribution in [-0.2, 0) is 14.3 Å². The van der Waals surface area contributed by atoms with E-state index < -0.39 is 36.0 Å². The minimum Gasteiger partial charge on any atom is -0.467 e. The second-order valence-corrected chi connectivity index (χ2v) is 5.98. The van der Waals surface area contributed by atoms with E-state index in [1.165, 1.54) is 7.11 Å². The van der Waals surface area contributed by atoms with Gasteiger partial charge in [-0.3, -0.25) is 4.90 Å². The van der Waals surface area contributed by atoms with Gasteiger partial charge >= 0.3 is 12.1 Å². The predicted octanol–water partition coefficient (Wildman–Crippen LogP) is 1.26. The first-order valence-corrected chi connectivity index (χ1v) is 6.49. The van der Waals surface area contributed by atoms with Crippen LogP contribution in [0.3, 0.4) is 0 Å². The van der Waals surface area contributed by atoms with Crippen molar-refractivity contribution in [1.29, 1.82) is 0 Å². The van der Waals surface area contributed by atoms with E-state index in [0.29, 0.717) is 0 Å². The highest BCUT2D eigenvalue weighted by Gasteiger charge is 2.46. The van der Waals surface area contributed by atoms with Gasteiger partial charge in [0.25, 0.3) is 0 Å². The summed E-state index contributed by atoms with van der Waals surface area (Å²) in [7, 11) is 1.17. The zero-order valence-electron chi connectivity index (χ0n) is 12.3. The number of rotatable bonds is 2. The van der Waals surface area contributed by atoms with E-state index >= 15 is 0 Å². The van der Waals surface area contributed by atoms with Crippen molar-refractivity contribution in [3.05, 3.63) is 0 Å². The largest absolute Gasteiger partial charge is 0.467 e. The Morgan fingerprint density at radius 2 is 2.05 bits per heavy atom. The summed E-state index contributed by atoms with van der Waals surface area (Å²) in [4.78, 5) is 24.9. The molecule has 1 rings (SSSR count). The first-order chi connectivity index (χ1) is 9.12. The van der Waals surface area contributed by atoms with Crippen molar-refractivity contribution < 1.29 is 28.6 Å². The first kappa shape index (κ1) is 16.7. The van der Waals surface area contributed by atoms with Gasteiger partial charge in [-0.1, -0.05) is 0 Å². The maximum Gasteiger partial charge on any atom is 0.411 e. The molecule has 0 aromatic carbocycles. The van der Waals surface area contributed by atoms with Crippen molar-refractivity contribution in [3.63, 3.8) is 0 Å². The molecular formula is C13H22FNO5. The van der Waals surface area contributed by atoms with Crippen LogP contribution in [0.25, 0.3) is 0 Å². The van der Waals surface area contributed by atoms with Crippen LogP contribution in [-0.4, -0.2) is 59.6 Å². The Morgan fingerprint density at radius 3 is 2.50 bits per heavy atom. The van der Waals surface area contributed by atoms with E-state index in [0.717, 1.165) is 4.90 Å². The normalized spacial score (nSPS) is 27.1. The second-order valence-electron chi connectivity index (χ2n) is 5.98. The minimum atomic E-state index is -1.88. The van der Waals surface area contributed by atoms with E-state index in [-0.39, 0.29) is 19.4 Å². The third kappa shape index (κ3) is 4.06. The molecule has 7 heteroatoms. The molecule has 1 N–H and O–H groups in total. The molecule has 1 aliphatic heterocycles. The molecule has 0 aromatic heterocycles. The smallest absolute Gasteiger partial charge is 0.411 e. The van der Waals surface area contributed by atoms with Gasteiger partial charge in [-0.25, -0.2) is 14.0 Å². The van der Waals surface area contributed by atoms with E-state index in [4.69, 9.17) is 9.84 Å². The molecule has 1 amide bonds. The fraction of sp³-hybridized carbons (Fsp3) is 0.846. The van der Waals surface area contributed by atoms with Crippen LogP contribution >= 0.6 is 0 Å². The third-order valence-electron chi connectivity index (χ3n) is 3.12. The number of ether oxygens (including phenoxy) is 2. The minimum absolute atomic E-state index is 0.00819. The topological polar surface area (TPSA) is 76.1 Å². The number of hydrogen-bond acceptors (Lipinski definition) is 5. The van der Waals surface area contributed by atoms with Crippen LogP contribution in [0.2, 0.25) is 0 Å². The first-order valence-electron chi connectivity index (χ1n) is 6.49. The van der Waals surface area contributed by atoms with Crippen LogP contribution in [0.1, 0.15) is 33.6 Å². The quantitative estimate of drug-likeness (QED) is 0.775. The van der Waals surface area contributed by atoms with E-state index in [2.05, 4.69) is 4.74 Å². The summed E-state index contributed by atoms with van der Waals surface area (Å²) in [6.07, 6.45) is -1.03. The number of carbonyl (C=O) groups excluding carboxylic acids is 2. The molecule has 0 unspecified atom stereocenters. The lowest BCUT2D eigenvalue weighted by atomic mass is 9.89. The molecule has 1 fully saturated rings. The Labute approximate surface area is 117 Å². The van der Waals surface area contributed by atoms with Crippen molar-refractivity contribution in [1.82, 2.24) is 4.90 Å². The Kier molecular flexibility index (Phi) is 4.96. The average molecular weight is 291 g/mol. The third-order valence-corrected chi connectivity index (χ3v) is 3.12. The van der Waals surface area contributed by atoms with Crippen LogP contribution < -0.4 is 0 Å². The summed E-state index contributed by atoms with van der Waals surface area (Å²) in [6.45, 7) is 4.41. The summed E-state index contributed by atoms with van der Waals surface area (Å²) in [6, 6.07) is -1.08. The number of hydrogen-bond donors (Lipinski definition) is 1. The molecule has 2 atom stereocenters.